The lowest BCUT2D eigenvalue weighted by Gasteiger charge is -2.27. The smallest absolute Gasteiger partial charge is 0.337 e. The number of carbonyl (C=O) groups excluding carboxylic acids is 1. The highest BCUT2D eigenvalue weighted by molar-refractivity contribution is 7.89. The van der Waals surface area contributed by atoms with Crippen molar-refractivity contribution in [2.45, 2.75) is 11.8 Å². The third-order valence-corrected chi connectivity index (χ3v) is 5.44. The number of piperazine rings is 1. The molecule has 1 aromatic carbocycles. The first-order valence-corrected chi connectivity index (χ1v) is 9.04. The first-order valence-electron chi connectivity index (χ1n) is 7.56. The van der Waals surface area contributed by atoms with Crippen LogP contribution >= 0.6 is 24.8 Å². The molecule has 1 aliphatic heterocycles. The van der Waals surface area contributed by atoms with E-state index in [-0.39, 0.29) is 29.7 Å². The van der Waals surface area contributed by atoms with Crippen LogP contribution in [-0.4, -0.2) is 65.7 Å². The molecule has 144 valence electrons. The fourth-order valence-corrected chi connectivity index (χ4v) is 3.79. The number of esters is 1. The van der Waals surface area contributed by atoms with Crippen molar-refractivity contribution in [3.8, 4) is 0 Å². The van der Waals surface area contributed by atoms with Gasteiger partial charge in [0.25, 0.3) is 0 Å². The van der Waals surface area contributed by atoms with Gasteiger partial charge in [-0.1, -0.05) is 0 Å². The van der Waals surface area contributed by atoms with Gasteiger partial charge in [0.15, 0.2) is 0 Å². The van der Waals surface area contributed by atoms with E-state index in [4.69, 9.17) is 0 Å². The summed E-state index contributed by atoms with van der Waals surface area (Å²) in [5, 5.41) is 3.26. The molecule has 0 saturated carbocycles. The molecule has 1 aliphatic rings. The van der Waals surface area contributed by atoms with E-state index in [1.807, 2.05) is 0 Å². The maximum atomic E-state index is 12.4. The van der Waals surface area contributed by atoms with Crippen molar-refractivity contribution in [1.29, 1.82) is 0 Å². The monoisotopic (exact) mass is 413 g/mol. The third kappa shape index (κ3) is 6.73. The minimum atomic E-state index is -3.59. The van der Waals surface area contributed by atoms with Gasteiger partial charge in [-0.05, 0) is 30.7 Å². The second kappa shape index (κ2) is 10.9. The average molecular weight is 414 g/mol. The molecule has 1 fully saturated rings. The average Bonchev–Trinajstić information content (AvgIpc) is 2.54. The molecule has 0 aliphatic carbocycles. The number of aryl methyl sites for hydroxylation is 1. The summed E-state index contributed by atoms with van der Waals surface area (Å²) in [5.41, 5.74) is 0.854. The first-order chi connectivity index (χ1) is 10.9. The van der Waals surface area contributed by atoms with Gasteiger partial charge < -0.3 is 10.1 Å². The number of rotatable bonds is 6. The van der Waals surface area contributed by atoms with Gasteiger partial charge in [-0.2, -0.15) is 0 Å². The fraction of sp³-hybridized carbons (Fsp3) is 0.533. The normalized spacial score (nSPS) is 15.0. The molecule has 25 heavy (non-hydrogen) atoms. The van der Waals surface area contributed by atoms with Gasteiger partial charge in [0.2, 0.25) is 10.0 Å². The Kier molecular flexibility index (Phi) is 10.6. The van der Waals surface area contributed by atoms with Crippen LogP contribution in [-0.2, 0) is 14.8 Å². The largest absolute Gasteiger partial charge is 0.465 e. The predicted molar refractivity (Wildman–Crippen MR) is 102 cm³/mol. The Morgan fingerprint density at radius 1 is 1.28 bits per heavy atom. The summed E-state index contributed by atoms with van der Waals surface area (Å²) in [6.45, 7) is 6.42. The highest BCUT2D eigenvalue weighted by atomic mass is 35.5. The standard InChI is InChI=1S/C15H23N3O4S.2ClH/c1-12-11-13(15(19)22-2)3-4-14(12)23(20,21)17-7-10-18-8-5-16-6-9-18;;/h3-4,11,16-17H,5-10H2,1-2H3;2*1H. The molecule has 0 amide bonds. The maximum Gasteiger partial charge on any atom is 0.337 e. The van der Waals surface area contributed by atoms with Crippen LogP contribution < -0.4 is 10.0 Å². The number of benzene rings is 1. The Hall–Kier alpha value is -0.900. The third-order valence-electron chi connectivity index (χ3n) is 3.82. The van der Waals surface area contributed by atoms with Crippen LogP contribution in [0.25, 0.3) is 0 Å². The van der Waals surface area contributed by atoms with E-state index in [1.165, 1.54) is 25.3 Å². The van der Waals surface area contributed by atoms with Gasteiger partial charge >= 0.3 is 5.97 Å². The fourth-order valence-electron chi connectivity index (χ4n) is 2.55. The van der Waals surface area contributed by atoms with Crippen molar-refractivity contribution >= 4 is 40.8 Å². The van der Waals surface area contributed by atoms with E-state index in [0.29, 0.717) is 24.2 Å². The van der Waals surface area contributed by atoms with Crippen molar-refractivity contribution in [2.75, 3.05) is 46.4 Å². The second-order valence-corrected chi connectivity index (χ2v) is 7.20. The second-order valence-electron chi connectivity index (χ2n) is 5.46. The van der Waals surface area contributed by atoms with E-state index in [0.717, 1.165) is 26.2 Å². The van der Waals surface area contributed by atoms with Crippen LogP contribution in [0.3, 0.4) is 0 Å². The summed E-state index contributed by atoms with van der Waals surface area (Å²) in [7, 11) is -2.29. The molecule has 1 saturated heterocycles. The van der Waals surface area contributed by atoms with Crippen LogP contribution in [0.4, 0.5) is 0 Å². The summed E-state index contributed by atoms with van der Waals surface area (Å²) in [5.74, 6) is -0.483. The SMILES string of the molecule is COC(=O)c1ccc(S(=O)(=O)NCCN2CCNCC2)c(C)c1.Cl.Cl. The minimum absolute atomic E-state index is 0. The zero-order chi connectivity index (χ0) is 16.9. The van der Waals surface area contributed by atoms with Crippen LogP contribution in [0.5, 0.6) is 0 Å². The summed E-state index contributed by atoms with van der Waals surface area (Å²) in [4.78, 5) is 13.9. The molecular weight excluding hydrogens is 389 g/mol. The molecule has 0 radical (unpaired) electrons. The Morgan fingerprint density at radius 3 is 2.48 bits per heavy atom. The van der Waals surface area contributed by atoms with Crippen LogP contribution in [0.2, 0.25) is 0 Å². The number of halogens is 2. The summed E-state index contributed by atoms with van der Waals surface area (Å²) in [6, 6.07) is 4.43. The molecule has 1 aromatic rings. The van der Waals surface area contributed by atoms with Crippen molar-refractivity contribution in [1.82, 2.24) is 14.9 Å². The van der Waals surface area contributed by atoms with Crippen LogP contribution in [0.15, 0.2) is 23.1 Å². The summed E-state index contributed by atoms with van der Waals surface area (Å²) in [6.07, 6.45) is 0. The zero-order valence-electron chi connectivity index (χ0n) is 14.3. The Bertz CT molecular complexity index is 665. The molecule has 0 unspecified atom stereocenters. The summed E-state index contributed by atoms with van der Waals surface area (Å²) < 4.78 is 32.0. The molecule has 0 bridgehead atoms. The van der Waals surface area contributed by atoms with Gasteiger partial charge in [-0.3, -0.25) is 4.90 Å². The maximum absolute atomic E-state index is 12.4. The molecule has 0 spiro atoms. The van der Waals surface area contributed by atoms with Crippen molar-refractivity contribution < 1.29 is 17.9 Å². The van der Waals surface area contributed by atoms with Gasteiger partial charge in [-0.25, -0.2) is 17.9 Å². The number of hydrogen-bond donors (Lipinski definition) is 2. The first kappa shape index (κ1) is 24.1. The van der Waals surface area contributed by atoms with E-state index in [1.54, 1.807) is 6.92 Å². The molecule has 1 heterocycles. The number of sulfonamides is 1. The lowest BCUT2D eigenvalue weighted by atomic mass is 10.1. The number of hydrogen-bond acceptors (Lipinski definition) is 6. The molecule has 2 N–H and O–H groups in total. The van der Waals surface area contributed by atoms with E-state index < -0.39 is 16.0 Å². The Morgan fingerprint density at radius 2 is 1.92 bits per heavy atom. The van der Waals surface area contributed by atoms with E-state index >= 15 is 0 Å². The van der Waals surface area contributed by atoms with Crippen molar-refractivity contribution in [3.05, 3.63) is 29.3 Å². The molecule has 2 rings (SSSR count). The molecular formula is C15H25Cl2N3O4S. The van der Waals surface area contributed by atoms with Crippen LogP contribution in [0, 0.1) is 6.92 Å². The molecule has 0 aromatic heterocycles. The van der Waals surface area contributed by atoms with Gasteiger partial charge in [0.1, 0.15) is 0 Å². The van der Waals surface area contributed by atoms with Crippen molar-refractivity contribution in [3.63, 3.8) is 0 Å². The minimum Gasteiger partial charge on any atom is -0.465 e. The van der Waals surface area contributed by atoms with Gasteiger partial charge in [-0.15, -0.1) is 24.8 Å². The predicted octanol–water partition coefficient (Wildman–Crippen LogP) is 0.809. The number of nitrogens with zero attached hydrogens (tertiary/aromatic N) is 1. The van der Waals surface area contributed by atoms with E-state index in [2.05, 4.69) is 19.7 Å². The zero-order valence-corrected chi connectivity index (χ0v) is 16.7. The molecule has 10 heteroatoms. The summed E-state index contributed by atoms with van der Waals surface area (Å²) >= 11 is 0. The highest BCUT2D eigenvalue weighted by Crippen LogP contribution is 2.17. The lowest BCUT2D eigenvalue weighted by molar-refractivity contribution is 0.0600. The molecule has 7 nitrogen and oxygen atoms in total. The molecule has 0 atom stereocenters. The number of methoxy groups -OCH3 is 1. The Balaban J connectivity index is 0.00000288. The Labute approximate surface area is 161 Å². The number of ether oxygens (including phenoxy) is 1. The van der Waals surface area contributed by atoms with Gasteiger partial charge in [0.05, 0.1) is 17.6 Å². The highest BCUT2D eigenvalue weighted by Gasteiger charge is 2.19. The number of carbonyl (C=O) groups is 1. The lowest BCUT2D eigenvalue weighted by Crippen LogP contribution is -2.46. The van der Waals surface area contributed by atoms with E-state index in [9.17, 15) is 13.2 Å². The number of nitrogens with one attached hydrogen (secondary N) is 2. The van der Waals surface area contributed by atoms with Gasteiger partial charge in [0, 0.05) is 39.3 Å². The van der Waals surface area contributed by atoms with Crippen LogP contribution in [0.1, 0.15) is 15.9 Å². The topological polar surface area (TPSA) is 87.7 Å². The quantitative estimate of drug-likeness (QED) is 0.670. The van der Waals surface area contributed by atoms with Crippen molar-refractivity contribution in [2.24, 2.45) is 0 Å².